The van der Waals surface area contributed by atoms with Gasteiger partial charge in [0.05, 0.1) is 6.10 Å². The van der Waals surface area contributed by atoms with Gasteiger partial charge in [-0.05, 0) is 44.4 Å². The average Bonchev–Trinajstić information content (AvgIpc) is 2.61. The lowest BCUT2D eigenvalue weighted by Crippen LogP contribution is -2.60. The Bertz CT molecular complexity index is 417. The molecule has 5 nitrogen and oxygen atoms in total. The van der Waals surface area contributed by atoms with E-state index in [1.165, 1.54) is 32.1 Å². The monoisotopic (exact) mass is 338 g/mol. The van der Waals surface area contributed by atoms with Crippen molar-refractivity contribution in [1.29, 1.82) is 0 Å². The Morgan fingerprint density at radius 3 is 2.46 bits per heavy atom. The van der Waals surface area contributed by atoms with Gasteiger partial charge in [-0.25, -0.2) is 0 Å². The van der Waals surface area contributed by atoms with Crippen molar-refractivity contribution < 1.29 is 14.6 Å². The number of methoxy groups -OCH3 is 1. The lowest BCUT2D eigenvalue weighted by atomic mass is 9.86. The van der Waals surface area contributed by atoms with E-state index in [0.717, 1.165) is 45.4 Å². The molecular formula is C19H34N2O3. The lowest BCUT2D eigenvalue weighted by molar-refractivity contribution is -0.161. The Labute approximate surface area is 146 Å². The number of amides is 1. The minimum atomic E-state index is -1.17. The molecule has 1 N–H and O–H groups in total. The van der Waals surface area contributed by atoms with E-state index in [0.29, 0.717) is 25.0 Å². The minimum Gasteiger partial charge on any atom is -0.381 e. The molecule has 0 radical (unpaired) electrons. The second-order valence-corrected chi connectivity index (χ2v) is 8.10. The second-order valence-electron chi connectivity index (χ2n) is 8.10. The summed E-state index contributed by atoms with van der Waals surface area (Å²) in [6, 6.07) is 0. The van der Waals surface area contributed by atoms with Gasteiger partial charge in [-0.15, -0.1) is 0 Å². The molecule has 0 unspecified atom stereocenters. The number of carbonyl (C=O) groups is 1. The van der Waals surface area contributed by atoms with Crippen LogP contribution in [0, 0.1) is 5.92 Å². The first kappa shape index (κ1) is 18.2. The van der Waals surface area contributed by atoms with Crippen molar-refractivity contribution in [3.63, 3.8) is 0 Å². The van der Waals surface area contributed by atoms with E-state index in [9.17, 15) is 9.90 Å². The molecule has 0 aromatic carbocycles. The lowest BCUT2D eigenvalue weighted by Gasteiger charge is -2.43. The van der Waals surface area contributed by atoms with Crippen LogP contribution in [0.15, 0.2) is 0 Å². The predicted octanol–water partition coefficient (Wildman–Crippen LogP) is 2.03. The van der Waals surface area contributed by atoms with E-state index in [1.54, 1.807) is 7.11 Å². The minimum absolute atomic E-state index is 0.0202. The van der Waals surface area contributed by atoms with Crippen LogP contribution in [-0.4, -0.2) is 72.4 Å². The molecule has 3 rings (SSSR count). The molecule has 2 aliphatic heterocycles. The molecule has 0 bridgehead atoms. The highest BCUT2D eigenvalue weighted by Crippen LogP contribution is 2.29. The molecule has 3 aliphatic rings. The SMILES string of the molecule is COC1CCN(C[C@@]2(O)CCCN(CC3CCCCC3)C2=O)CC1. The largest absolute Gasteiger partial charge is 0.381 e. The quantitative estimate of drug-likeness (QED) is 0.833. The molecule has 1 atom stereocenters. The molecule has 1 aliphatic carbocycles. The summed E-state index contributed by atoms with van der Waals surface area (Å²) in [7, 11) is 1.77. The van der Waals surface area contributed by atoms with Gasteiger partial charge in [-0.1, -0.05) is 19.3 Å². The van der Waals surface area contributed by atoms with E-state index >= 15 is 0 Å². The first-order valence-electron chi connectivity index (χ1n) is 9.87. The van der Waals surface area contributed by atoms with Gasteiger partial charge in [-0.3, -0.25) is 9.69 Å². The van der Waals surface area contributed by atoms with Crippen LogP contribution in [0.25, 0.3) is 0 Å². The van der Waals surface area contributed by atoms with Crippen LogP contribution in [0.5, 0.6) is 0 Å². The van der Waals surface area contributed by atoms with Gasteiger partial charge >= 0.3 is 0 Å². The highest BCUT2D eigenvalue weighted by atomic mass is 16.5. The van der Waals surface area contributed by atoms with Gasteiger partial charge in [0.2, 0.25) is 0 Å². The van der Waals surface area contributed by atoms with Gasteiger partial charge in [0.25, 0.3) is 5.91 Å². The van der Waals surface area contributed by atoms with E-state index in [2.05, 4.69) is 4.90 Å². The summed E-state index contributed by atoms with van der Waals surface area (Å²) in [5.41, 5.74) is -1.17. The number of aliphatic hydroxyl groups is 1. The third kappa shape index (κ3) is 4.30. The fourth-order valence-corrected chi connectivity index (χ4v) is 4.74. The Morgan fingerprint density at radius 2 is 1.79 bits per heavy atom. The number of hydrogen-bond acceptors (Lipinski definition) is 4. The molecule has 1 saturated carbocycles. The molecular weight excluding hydrogens is 304 g/mol. The van der Waals surface area contributed by atoms with Gasteiger partial charge in [0, 0.05) is 39.8 Å². The van der Waals surface area contributed by atoms with Crippen LogP contribution in [0.1, 0.15) is 57.8 Å². The van der Waals surface area contributed by atoms with Gasteiger partial charge in [0.1, 0.15) is 0 Å². The highest BCUT2D eigenvalue weighted by molar-refractivity contribution is 5.86. The van der Waals surface area contributed by atoms with Crippen LogP contribution in [0.4, 0.5) is 0 Å². The predicted molar refractivity (Wildman–Crippen MR) is 93.8 cm³/mol. The molecule has 0 aromatic heterocycles. The van der Waals surface area contributed by atoms with Crippen molar-refractivity contribution in [1.82, 2.24) is 9.80 Å². The molecule has 2 heterocycles. The first-order chi connectivity index (χ1) is 11.6. The maximum absolute atomic E-state index is 12.9. The number of rotatable bonds is 5. The van der Waals surface area contributed by atoms with Crippen LogP contribution in [-0.2, 0) is 9.53 Å². The zero-order valence-corrected chi connectivity index (χ0v) is 15.2. The summed E-state index contributed by atoms with van der Waals surface area (Å²) < 4.78 is 5.41. The first-order valence-corrected chi connectivity index (χ1v) is 9.87. The number of piperidine rings is 2. The average molecular weight is 338 g/mol. The number of hydrogen-bond donors (Lipinski definition) is 1. The molecule has 0 aromatic rings. The number of nitrogens with zero attached hydrogens (tertiary/aromatic N) is 2. The summed E-state index contributed by atoms with van der Waals surface area (Å²) in [5.74, 6) is 0.621. The van der Waals surface area contributed by atoms with Crippen molar-refractivity contribution in [3.05, 3.63) is 0 Å². The maximum Gasteiger partial charge on any atom is 0.255 e. The van der Waals surface area contributed by atoms with E-state index in [1.807, 2.05) is 4.90 Å². The smallest absolute Gasteiger partial charge is 0.255 e. The molecule has 24 heavy (non-hydrogen) atoms. The van der Waals surface area contributed by atoms with Crippen LogP contribution >= 0.6 is 0 Å². The van der Waals surface area contributed by atoms with Crippen molar-refractivity contribution in [2.45, 2.75) is 69.5 Å². The fourth-order valence-electron chi connectivity index (χ4n) is 4.74. The summed E-state index contributed by atoms with van der Waals surface area (Å²) in [5, 5.41) is 11.1. The molecule has 0 spiro atoms. The van der Waals surface area contributed by atoms with E-state index < -0.39 is 5.60 Å². The molecule has 5 heteroatoms. The molecule has 3 fully saturated rings. The third-order valence-electron chi connectivity index (χ3n) is 6.26. The Balaban J connectivity index is 1.54. The summed E-state index contributed by atoms with van der Waals surface area (Å²) in [4.78, 5) is 17.1. The van der Waals surface area contributed by atoms with Crippen LogP contribution in [0.2, 0.25) is 0 Å². The summed E-state index contributed by atoms with van der Waals surface area (Å²) in [6.07, 6.45) is 10.3. The number of carbonyl (C=O) groups excluding carboxylic acids is 1. The van der Waals surface area contributed by atoms with Gasteiger partial charge < -0.3 is 14.7 Å². The van der Waals surface area contributed by atoms with Crippen LogP contribution in [0.3, 0.4) is 0 Å². The van der Waals surface area contributed by atoms with Crippen molar-refractivity contribution in [3.8, 4) is 0 Å². The summed E-state index contributed by atoms with van der Waals surface area (Å²) in [6.45, 7) is 3.99. The van der Waals surface area contributed by atoms with E-state index in [-0.39, 0.29) is 5.91 Å². The topological polar surface area (TPSA) is 53.0 Å². The normalized spacial score (nSPS) is 31.6. The number of β-amino-alcohol motifs (C(OH)–C–C–N with tert-alkyl or cyclic N) is 1. The van der Waals surface area contributed by atoms with E-state index in [4.69, 9.17) is 4.74 Å². The molecule has 138 valence electrons. The zero-order valence-electron chi connectivity index (χ0n) is 15.2. The number of likely N-dealkylation sites (tertiary alicyclic amines) is 2. The summed E-state index contributed by atoms with van der Waals surface area (Å²) >= 11 is 0. The fraction of sp³-hybridized carbons (Fsp3) is 0.947. The Hall–Kier alpha value is -0.650. The van der Waals surface area contributed by atoms with Crippen molar-refractivity contribution in [2.75, 3.05) is 39.8 Å². The highest BCUT2D eigenvalue weighted by Gasteiger charge is 2.44. The standard InChI is InChI=1S/C19H34N2O3/c1-24-17-8-12-20(13-9-17)15-19(23)10-5-11-21(18(19)22)14-16-6-3-2-4-7-16/h16-17,23H,2-15H2,1H3/t19-/m0/s1. The van der Waals surface area contributed by atoms with Gasteiger partial charge in [-0.2, -0.15) is 0 Å². The van der Waals surface area contributed by atoms with Gasteiger partial charge in [0.15, 0.2) is 5.60 Å². The molecule has 2 saturated heterocycles. The molecule has 1 amide bonds. The zero-order chi connectivity index (χ0) is 17.0. The second kappa shape index (κ2) is 8.15. The van der Waals surface area contributed by atoms with Crippen molar-refractivity contribution >= 4 is 5.91 Å². The Kier molecular flexibility index (Phi) is 6.17. The third-order valence-corrected chi connectivity index (χ3v) is 6.26. The number of ether oxygens (including phenoxy) is 1. The van der Waals surface area contributed by atoms with Crippen molar-refractivity contribution in [2.24, 2.45) is 5.92 Å². The van der Waals surface area contributed by atoms with Crippen LogP contribution < -0.4 is 0 Å². The maximum atomic E-state index is 12.9. The Morgan fingerprint density at radius 1 is 1.08 bits per heavy atom.